The van der Waals surface area contributed by atoms with E-state index < -0.39 is 28.9 Å². The SMILES string of the molecule is CC.CC.CN1C2CCCCC2C2C1C1CCCCC1C2[Si](C)(CCCCCCOC(C)(C)C)C1C2CC(C(C)(C)C)CCC2C2CCC(C(C)(C)C)CC21.[Cl][Zr][Cl]. The van der Waals surface area contributed by atoms with Gasteiger partial charge in [-0.15, -0.1) is 0 Å². The molecule has 0 aromatic rings. The van der Waals surface area contributed by atoms with Crippen LogP contribution in [-0.2, 0) is 25.6 Å². The molecule has 6 aliphatic carbocycles. The van der Waals surface area contributed by atoms with Crippen molar-refractivity contribution >= 4 is 25.1 Å². The van der Waals surface area contributed by atoms with Crippen LogP contribution in [0.3, 0.4) is 0 Å². The monoisotopic (exact) mass is 942 g/mol. The molecule has 0 radical (unpaired) electrons. The molecule has 0 bridgehead atoms. The number of unbranched alkanes of at least 4 members (excludes halogenated alkanes) is 3. The predicted molar refractivity (Wildman–Crippen MR) is 256 cm³/mol. The van der Waals surface area contributed by atoms with Crippen molar-refractivity contribution in [2.75, 3.05) is 13.7 Å². The number of halogens is 2. The first-order valence-corrected chi connectivity index (χ1v) is 34.9. The van der Waals surface area contributed by atoms with E-state index in [1.54, 1.807) is 51.0 Å². The van der Waals surface area contributed by atoms with E-state index in [0.29, 0.717) is 10.8 Å². The third kappa shape index (κ3) is 11.7. The van der Waals surface area contributed by atoms with Crippen LogP contribution in [0, 0.1) is 70.0 Å². The number of ether oxygens (including phenoxy) is 1. The molecular formula is C52H99Cl2NOSiZr. The molecule has 6 saturated carbocycles. The minimum absolute atomic E-state index is 0.00215. The van der Waals surface area contributed by atoms with Gasteiger partial charge in [-0.25, -0.2) is 0 Å². The minimum atomic E-state index is -1.73. The van der Waals surface area contributed by atoms with E-state index in [9.17, 15) is 0 Å². The van der Waals surface area contributed by atoms with E-state index in [1.165, 1.54) is 70.6 Å². The molecule has 0 aromatic heterocycles. The summed E-state index contributed by atoms with van der Waals surface area (Å²) in [7, 11) is 10.8. The van der Waals surface area contributed by atoms with Crippen molar-refractivity contribution in [1.29, 1.82) is 0 Å². The van der Waals surface area contributed by atoms with Gasteiger partial charge in [0.25, 0.3) is 0 Å². The Morgan fingerprint density at radius 2 is 1.03 bits per heavy atom. The number of fused-ring (bicyclic) bond motifs is 8. The van der Waals surface area contributed by atoms with Crippen molar-refractivity contribution in [3.8, 4) is 0 Å². The Bertz CT molecular complexity index is 1160. The molecule has 14 unspecified atom stereocenters. The molecular weight excluding hydrogens is 845 g/mol. The Morgan fingerprint density at radius 1 is 0.569 bits per heavy atom. The molecule has 0 spiro atoms. The second kappa shape index (κ2) is 22.7. The molecule has 1 heterocycles. The van der Waals surface area contributed by atoms with Crippen molar-refractivity contribution in [3.63, 3.8) is 0 Å². The first kappa shape index (κ1) is 52.2. The van der Waals surface area contributed by atoms with Gasteiger partial charge < -0.3 is 4.74 Å². The van der Waals surface area contributed by atoms with Crippen LogP contribution in [0.4, 0.5) is 0 Å². The zero-order valence-corrected chi connectivity index (χ0v) is 46.3. The molecule has 0 aromatic carbocycles. The molecule has 7 aliphatic rings. The van der Waals surface area contributed by atoms with Crippen molar-refractivity contribution in [1.82, 2.24) is 4.90 Å². The van der Waals surface area contributed by atoms with Gasteiger partial charge in [-0.05, 0) is 173 Å². The number of likely N-dealkylation sites (tertiary alicyclic amines) is 1. The number of rotatable bonds is 9. The van der Waals surface area contributed by atoms with Crippen molar-refractivity contribution in [2.45, 2.75) is 247 Å². The summed E-state index contributed by atoms with van der Waals surface area (Å²) in [6.07, 6.45) is 27.2. The summed E-state index contributed by atoms with van der Waals surface area (Å²) in [6.45, 7) is 34.4. The summed E-state index contributed by atoms with van der Waals surface area (Å²) >= 11 is -0.826. The molecule has 58 heavy (non-hydrogen) atoms. The topological polar surface area (TPSA) is 12.5 Å². The van der Waals surface area contributed by atoms with Crippen LogP contribution < -0.4 is 0 Å². The van der Waals surface area contributed by atoms with Crippen molar-refractivity contribution in [2.24, 2.45) is 70.0 Å². The summed E-state index contributed by atoms with van der Waals surface area (Å²) in [4.78, 5) is 3.09. The molecule has 0 N–H and O–H groups in total. The fourth-order valence-electron chi connectivity index (χ4n) is 16.3. The average molecular weight is 945 g/mol. The summed E-state index contributed by atoms with van der Waals surface area (Å²) < 4.78 is 6.20. The Hall–Kier alpha value is 1.60. The third-order valence-corrected chi connectivity index (χ3v) is 24.5. The van der Waals surface area contributed by atoms with Crippen molar-refractivity contribution < 1.29 is 25.6 Å². The van der Waals surface area contributed by atoms with E-state index in [4.69, 9.17) is 21.8 Å². The van der Waals surface area contributed by atoms with E-state index >= 15 is 0 Å². The van der Waals surface area contributed by atoms with Gasteiger partial charge in [-0.1, -0.05) is 133 Å². The fourth-order valence-corrected chi connectivity index (χ4v) is 23.9. The average Bonchev–Trinajstić information content (AvgIpc) is 3.81. The molecule has 6 heteroatoms. The van der Waals surface area contributed by atoms with E-state index in [0.717, 1.165) is 89.0 Å². The zero-order valence-electron chi connectivity index (χ0n) is 41.3. The maximum atomic E-state index is 6.20. The maximum absolute atomic E-state index is 6.20. The summed E-state index contributed by atoms with van der Waals surface area (Å²) in [6, 6.07) is 3.48. The molecule has 1 aliphatic heterocycles. The summed E-state index contributed by atoms with van der Waals surface area (Å²) in [5.74, 6) is 10.2. The van der Waals surface area contributed by atoms with Gasteiger partial charge in [0, 0.05) is 18.7 Å². The number of hydrogen-bond donors (Lipinski definition) is 0. The predicted octanol–water partition coefficient (Wildman–Crippen LogP) is 17.1. The quantitative estimate of drug-likeness (QED) is 0.169. The molecule has 0 amide bonds. The van der Waals surface area contributed by atoms with Gasteiger partial charge in [-0.2, -0.15) is 0 Å². The number of hydrogen-bond acceptors (Lipinski definition) is 2. The van der Waals surface area contributed by atoms with Crippen molar-refractivity contribution in [3.05, 3.63) is 0 Å². The van der Waals surface area contributed by atoms with E-state index in [1.807, 2.05) is 27.7 Å². The Morgan fingerprint density at radius 3 is 1.53 bits per heavy atom. The van der Waals surface area contributed by atoms with Crippen LogP contribution in [0.25, 0.3) is 0 Å². The molecule has 7 rings (SSSR count). The first-order valence-electron chi connectivity index (χ1n) is 25.7. The summed E-state index contributed by atoms with van der Waals surface area (Å²) in [5.41, 5.74) is 3.10. The molecule has 14 atom stereocenters. The second-order valence-electron chi connectivity index (χ2n) is 24.0. The van der Waals surface area contributed by atoms with Crippen LogP contribution in [-0.4, -0.2) is 44.3 Å². The fraction of sp³-hybridized carbons (Fsp3) is 1.00. The van der Waals surface area contributed by atoms with E-state index in [2.05, 4.69) is 80.8 Å². The Kier molecular flexibility index (Phi) is 20.4. The van der Waals surface area contributed by atoms with Crippen LogP contribution in [0.1, 0.15) is 206 Å². The van der Waals surface area contributed by atoms with Crippen LogP contribution in [0.15, 0.2) is 0 Å². The van der Waals surface area contributed by atoms with Gasteiger partial charge in [0.1, 0.15) is 0 Å². The Balaban J connectivity index is 0.00000100. The van der Waals surface area contributed by atoms with Gasteiger partial charge in [0.05, 0.1) is 13.7 Å². The third-order valence-electron chi connectivity index (χ3n) is 18.4. The number of nitrogens with zero attached hydrogens (tertiary/aromatic N) is 1. The second-order valence-corrected chi connectivity index (χ2v) is 32.6. The molecule has 7 fully saturated rings. The van der Waals surface area contributed by atoms with E-state index in [-0.39, 0.29) is 5.60 Å². The molecule has 340 valence electrons. The first-order chi connectivity index (χ1) is 27.4. The van der Waals surface area contributed by atoms with Gasteiger partial charge >= 0.3 is 37.9 Å². The molecule has 1 saturated heterocycles. The standard InChI is InChI=1S/C48H87NOSi.2C2H6.2ClH.Zr/c1-46(2,3)32-24-26-34-35-27-25-33(47(4,5)6)31-40(35)44(39(34)30-32)51(11,29-19-13-12-18-28-50-48(7,8)9)45-37-21-15-14-20-36(37)43-42(45)38-22-16-17-23-41(38)49(43)10;2*1-2;;;/h32-45H,12-31H2,1-11H3;2*1-2H3;2*1H;/q;;;;;+2/p-2. The Labute approximate surface area is 383 Å². The van der Waals surface area contributed by atoms with Gasteiger partial charge in [0.2, 0.25) is 0 Å². The molecule has 2 nitrogen and oxygen atoms in total. The van der Waals surface area contributed by atoms with Gasteiger partial charge in [-0.3, -0.25) is 4.90 Å². The van der Waals surface area contributed by atoms with Crippen LogP contribution in [0.2, 0.25) is 23.7 Å². The summed E-state index contributed by atoms with van der Waals surface area (Å²) in [5, 5.41) is 0. The van der Waals surface area contributed by atoms with Crippen LogP contribution >= 0.6 is 17.0 Å². The van der Waals surface area contributed by atoms with Crippen LogP contribution in [0.5, 0.6) is 0 Å². The van der Waals surface area contributed by atoms with Gasteiger partial charge in [0.15, 0.2) is 0 Å². The zero-order chi connectivity index (χ0) is 43.2. The normalized spacial score (nSPS) is 39.4.